The predicted molar refractivity (Wildman–Crippen MR) is 73.3 cm³/mol. The van der Waals surface area contributed by atoms with Crippen LogP contribution >= 0.6 is 12.2 Å². The Morgan fingerprint density at radius 3 is 2.83 bits per heavy atom. The summed E-state index contributed by atoms with van der Waals surface area (Å²) in [5.41, 5.74) is 0. The first-order valence-electron chi connectivity index (χ1n) is 6.13. The molecule has 0 fully saturated rings. The zero-order chi connectivity index (χ0) is 12.8. The lowest BCUT2D eigenvalue weighted by Gasteiger charge is -2.08. The second-order valence-corrected chi connectivity index (χ2v) is 4.39. The fourth-order valence-electron chi connectivity index (χ4n) is 1.77. The molecule has 96 valence electrons. The van der Waals surface area contributed by atoms with Crippen molar-refractivity contribution in [3.63, 3.8) is 0 Å². The number of nitrogens with one attached hydrogen (secondary N) is 1. The highest BCUT2D eigenvalue weighted by atomic mass is 32.1. The quantitative estimate of drug-likeness (QED) is 0.815. The average molecular weight is 263 g/mol. The second-order valence-electron chi connectivity index (χ2n) is 4.01. The summed E-state index contributed by atoms with van der Waals surface area (Å²) in [6.45, 7) is 3.44. The van der Waals surface area contributed by atoms with Crippen LogP contribution in [0, 0.1) is 4.77 Å². The molecule has 0 aliphatic rings. The molecular weight excluding hydrogens is 246 g/mol. The van der Waals surface area contributed by atoms with Crippen LogP contribution in [0.5, 0.6) is 5.75 Å². The highest BCUT2D eigenvalue weighted by Crippen LogP contribution is 2.08. The molecule has 0 saturated heterocycles. The Labute approximate surface area is 112 Å². The third-order valence-corrected chi connectivity index (χ3v) is 2.95. The molecular formula is C13H17N3OS. The van der Waals surface area contributed by atoms with E-state index in [-0.39, 0.29) is 0 Å². The molecule has 2 rings (SSSR count). The van der Waals surface area contributed by atoms with E-state index >= 15 is 0 Å². The number of hydrogen-bond donors (Lipinski definition) is 1. The van der Waals surface area contributed by atoms with Gasteiger partial charge in [0.05, 0.1) is 6.54 Å². The van der Waals surface area contributed by atoms with E-state index in [1.54, 1.807) is 0 Å². The Kier molecular flexibility index (Phi) is 4.52. The SMILES string of the molecule is CCCc1n[nH]c(=S)n1CCOc1ccccc1. The molecule has 0 atom stereocenters. The maximum atomic E-state index is 5.66. The van der Waals surface area contributed by atoms with Gasteiger partial charge in [-0.3, -0.25) is 5.10 Å². The van der Waals surface area contributed by atoms with Gasteiger partial charge >= 0.3 is 0 Å². The fourth-order valence-corrected chi connectivity index (χ4v) is 2.01. The highest BCUT2D eigenvalue weighted by molar-refractivity contribution is 7.71. The van der Waals surface area contributed by atoms with Gasteiger partial charge in [-0.1, -0.05) is 25.1 Å². The molecule has 0 radical (unpaired) electrons. The van der Waals surface area contributed by atoms with E-state index < -0.39 is 0 Å². The van der Waals surface area contributed by atoms with Crippen molar-refractivity contribution in [3.8, 4) is 5.75 Å². The standard InChI is InChI=1S/C13H17N3OS/c1-2-6-12-14-15-13(18)16(12)9-10-17-11-7-4-3-5-8-11/h3-5,7-8H,2,6,9-10H2,1H3,(H,15,18). The van der Waals surface area contributed by atoms with E-state index in [0.717, 1.165) is 31.0 Å². The Balaban J connectivity index is 1.94. The van der Waals surface area contributed by atoms with E-state index in [9.17, 15) is 0 Å². The smallest absolute Gasteiger partial charge is 0.195 e. The molecule has 2 aromatic rings. The molecule has 4 nitrogen and oxygen atoms in total. The van der Waals surface area contributed by atoms with Crippen molar-refractivity contribution in [1.29, 1.82) is 0 Å². The van der Waals surface area contributed by atoms with Gasteiger partial charge in [-0.2, -0.15) is 5.10 Å². The Morgan fingerprint density at radius 1 is 1.33 bits per heavy atom. The molecule has 0 unspecified atom stereocenters. The van der Waals surface area contributed by atoms with Crippen LogP contribution in [0.4, 0.5) is 0 Å². The summed E-state index contributed by atoms with van der Waals surface area (Å²) in [5.74, 6) is 1.88. The zero-order valence-corrected chi connectivity index (χ0v) is 11.2. The van der Waals surface area contributed by atoms with E-state index in [0.29, 0.717) is 11.4 Å². The summed E-state index contributed by atoms with van der Waals surface area (Å²) in [6, 6.07) is 9.78. The number of hydrogen-bond acceptors (Lipinski definition) is 3. The third-order valence-electron chi connectivity index (χ3n) is 2.64. The van der Waals surface area contributed by atoms with Crippen molar-refractivity contribution in [2.45, 2.75) is 26.3 Å². The van der Waals surface area contributed by atoms with Crippen molar-refractivity contribution in [3.05, 3.63) is 40.9 Å². The Hall–Kier alpha value is -1.62. The monoisotopic (exact) mass is 263 g/mol. The van der Waals surface area contributed by atoms with Crippen LogP contribution in [0.25, 0.3) is 0 Å². The van der Waals surface area contributed by atoms with Crippen molar-refractivity contribution >= 4 is 12.2 Å². The minimum Gasteiger partial charge on any atom is -0.492 e. The van der Waals surface area contributed by atoms with Crippen LogP contribution in [-0.2, 0) is 13.0 Å². The van der Waals surface area contributed by atoms with E-state index in [4.69, 9.17) is 17.0 Å². The summed E-state index contributed by atoms with van der Waals surface area (Å²) in [5, 5.41) is 7.05. The van der Waals surface area contributed by atoms with Crippen LogP contribution < -0.4 is 4.74 Å². The minimum absolute atomic E-state index is 0.592. The zero-order valence-electron chi connectivity index (χ0n) is 10.4. The molecule has 1 N–H and O–H groups in total. The molecule has 5 heteroatoms. The molecule has 1 heterocycles. The molecule has 0 saturated carbocycles. The van der Waals surface area contributed by atoms with Crippen LogP contribution in [0.1, 0.15) is 19.2 Å². The number of rotatable bonds is 6. The molecule has 0 aliphatic heterocycles. The van der Waals surface area contributed by atoms with Gasteiger partial charge in [-0.15, -0.1) is 0 Å². The maximum absolute atomic E-state index is 5.66. The normalized spacial score (nSPS) is 10.5. The summed E-state index contributed by atoms with van der Waals surface area (Å²) in [6.07, 6.45) is 1.98. The highest BCUT2D eigenvalue weighted by Gasteiger charge is 2.04. The van der Waals surface area contributed by atoms with Crippen LogP contribution in [-0.4, -0.2) is 21.4 Å². The molecule has 1 aromatic carbocycles. The lowest BCUT2D eigenvalue weighted by molar-refractivity contribution is 0.295. The van der Waals surface area contributed by atoms with Gasteiger partial charge in [0.15, 0.2) is 4.77 Å². The number of para-hydroxylation sites is 1. The molecule has 0 aliphatic carbocycles. The number of nitrogens with zero attached hydrogens (tertiary/aromatic N) is 2. The largest absolute Gasteiger partial charge is 0.492 e. The van der Waals surface area contributed by atoms with E-state index in [1.165, 1.54) is 0 Å². The number of H-pyrrole nitrogens is 1. The Morgan fingerprint density at radius 2 is 2.11 bits per heavy atom. The lowest BCUT2D eigenvalue weighted by atomic mass is 10.3. The first-order valence-corrected chi connectivity index (χ1v) is 6.54. The number of ether oxygens (including phenoxy) is 1. The topological polar surface area (TPSA) is 42.8 Å². The van der Waals surface area contributed by atoms with Gasteiger partial charge < -0.3 is 9.30 Å². The van der Waals surface area contributed by atoms with E-state index in [1.807, 2.05) is 34.9 Å². The summed E-state index contributed by atoms with van der Waals surface area (Å²) in [4.78, 5) is 0. The fraction of sp³-hybridized carbons (Fsp3) is 0.385. The van der Waals surface area contributed by atoms with Crippen LogP contribution in [0.3, 0.4) is 0 Å². The van der Waals surface area contributed by atoms with Crippen LogP contribution in [0.15, 0.2) is 30.3 Å². The third kappa shape index (κ3) is 3.20. The first-order chi connectivity index (χ1) is 8.81. The molecule has 18 heavy (non-hydrogen) atoms. The summed E-state index contributed by atoms with van der Waals surface area (Å²) < 4.78 is 8.32. The van der Waals surface area contributed by atoms with Gasteiger partial charge in [-0.05, 0) is 30.8 Å². The van der Waals surface area contributed by atoms with Crippen LogP contribution in [0.2, 0.25) is 0 Å². The first kappa shape index (κ1) is 12.8. The van der Waals surface area contributed by atoms with Gasteiger partial charge in [-0.25, -0.2) is 0 Å². The number of aryl methyl sites for hydroxylation is 1. The molecule has 0 bridgehead atoms. The summed E-state index contributed by atoms with van der Waals surface area (Å²) in [7, 11) is 0. The summed E-state index contributed by atoms with van der Waals surface area (Å²) >= 11 is 5.21. The van der Waals surface area contributed by atoms with Gasteiger partial charge in [0.25, 0.3) is 0 Å². The Bertz CT molecular complexity index is 533. The van der Waals surface area contributed by atoms with Crippen molar-refractivity contribution < 1.29 is 4.74 Å². The van der Waals surface area contributed by atoms with Crippen molar-refractivity contribution in [1.82, 2.24) is 14.8 Å². The molecule has 0 amide bonds. The van der Waals surface area contributed by atoms with Gasteiger partial charge in [0.1, 0.15) is 18.2 Å². The number of aromatic amines is 1. The van der Waals surface area contributed by atoms with E-state index in [2.05, 4.69) is 17.1 Å². The second kappa shape index (κ2) is 6.35. The maximum Gasteiger partial charge on any atom is 0.195 e. The lowest BCUT2D eigenvalue weighted by Crippen LogP contribution is -2.11. The molecule has 1 aromatic heterocycles. The molecule has 0 spiro atoms. The van der Waals surface area contributed by atoms with Gasteiger partial charge in [0, 0.05) is 6.42 Å². The van der Waals surface area contributed by atoms with Crippen molar-refractivity contribution in [2.24, 2.45) is 0 Å². The van der Waals surface area contributed by atoms with Gasteiger partial charge in [0.2, 0.25) is 0 Å². The number of benzene rings is 1. The average Bonchev–Trinajstić information content (AvgIpc) is 2.73. The number of aromatic nitrogens is 3. The predicted octanol–water partition coefficient (Wildman–Crippen LogP) is 2.97. The minimum atomic E-state index is 0.592. The van der Waals surface area contributed by atoms with Crippen molar-refractivity contribution in [2.75, 3.05) is 6.61 Å².